The highest BCUT2D eigenvalue weighted by molar-refractivity contribution is 6.30. The third-order valence-corrected chi connectivity index (χ3v) is 5.08. The summed E-state index contributed by atoms with van der Waals surface area (Å²) in [6, 6.07) is 16.1. The minimum atomic E-state index is -0.787. The zero-order chi connectivity index (χ0) is 19.2. The predicted octanol–water partition coefficient (Wildman–Crippen LogP) is 4.22. The number of carbonyl (C=O) groups is 2. The number of nitrogens with one attached hydrogen (secondary N) is 1. The summed E-state index contributed by atoms with van der Waals surface area (Å²) in [7, 11) is 0. The summed E-state index contributed by atoms with van der Waals surface area (Å²) in [6.07, 6.45) is 1.68. The van der Waals surface area contributed by atoms with Crippen LogP contribution in [0.5, 0.6) is 5.75 Å². The maximum absolute atomic E-state index is 12.9. The molecule has 27 heavy (non-hydrogen) atoms. The molecule has 1 amide bonds. The number of halogens is 1. The van der Waals surface area contributed by atoms with Crippen molar-refractivity contribution in [3.05, 3.63) is 65.2 Å². The first kappa shape index (κ1) is 19.2. The van der Waals surface area contributed by atoms with E-state index in [4.69, 9.17) is 21.4 Å². The number of rotatable bonds is 6. The molecule has 0 heterocycles. The second-order valence-corrected chi connectivity index (χ2v) is 7.19. The molecule has 2 aromatic rings. The number of carboxylic acids is 1. The normalized spacial score (nSPS) is 20.5. The standard InChI is InChI=1S/C21H22ClNO4/c22-16-8-12-18(13-9-16)27-19(14-4-2-1-3-5-14)20(24)23-17-10-6-15(7-11-17)21(25)26/h1-5,8-9,12-13,15,17,19H,6-7,10-11H2,(H,23,24)(H,25,26). The Morgan fingerprint density at radius 2 is 1.63 bits per heavy atom. The maximum atomic E-state index is 12.9. The van der Waals surface area contributed by atoms with Crippen molar-refractivity contribution in [3.8, 4) is 5.75 Å². The van der Waals surface area contributed by atoms with Gasteiger partial charge in [0.05, 0.1) is 5.92 Å². The fourth-order valence-electron chi connectivity index (χ4n) is 3.31. The van der Waals surface area contributed by atoms with Crippen LogP contribution in [0, 0.1) is 5.92 Å². The molecule has 2 aromatic carbocycles. The molecule has 1 unspecified atom stereocenters. The van der Waals surface area contributed by atoms with Gasteiger partial charge < -0.3 is 15.2 Å². The molecule has 6 heteroatoms. The van der Waals surface area contributed by atoms with E-state index in [1.807, 2.05) is 30.3 Å². The van der Waals surface area contributed by atoms with Crippen molar-refractivity contribution in [3.63, 3.8) is 0 Å². The molecule has 3 rings (SSSR count). The van der Waals surface area contributed by atoms with Gasteiger partial charge in [0.15, 0.2) is 0 Å². The summed E-state index contributed by atoms with van der Waals surface area (Å²) < 4.78 is 5.95. The highest BCUT2D eigenvalue weighted by atomic mass is 35.5. The molecule has 0 radical (unpaired) electrons. The van der Waals surface area contributed by atoms with Gasteiger partial charge in [-0.2, -0.15) is 0 Å². The van der Waals surface area contributed by atoms with Crippen LogP contribution in [0.2, 0.25) is 5.02 Å². The summed E-state index contributed by atoms with van der Waals surface area (Å²) in [5.74, 6) is -0.741. The molecule has 1 atom stereocenters. The summed E-state index contributed by atoms with van der Waals surface area (Å²) in [5, 5.41) is 12.7. The Bertz CT molecular complexity index is 771. The fraction of sp³-hybridized carbons (Fsp3) is 0.333. The lowest BCUT2D eigenvalue weighted by atomic mass is 9.86. The van der Waals surface area contributed by atoms with E-state index in [-0.39, 0.29) is 17.9 Å². The Hall–Kier alpha value is -2.53. The number of amides is 1. The smallest absolute Gasteiger partial charge is 0.306 e. The van der Waals surface area contributed by atoms with Crippen LogP contribution < -0.4 is 10.1 Å². The van der Waals surface area contributed by atoms with Crippen molar-refractivity contribution in [2.45, 2.75) is 37.8 Å². The molecule has 0 aliphatic heterocycles. The maximum Gasteiger partial charge on any atom is 0.306 e. The Balaban J connectivity index is 1.69. The van der Waals surface area contributed by atoms with E-state index in [0.717, 1.165) is 5.56 Å². The Morgan fingerprint density at radius 3 is 2.22 bits per heavy atom. The van der Waals surface area contributed by atoms with Crippen LogP contribution in [0.4, 0.5) is 0 Å². The first-order valence-corrected chi connectivity index (χ1v) is 9.41. The molecule has 2 N–H and O–H groups in total. The topological polar surface area (TPSA) is 75.6 Å². The Kier molecular flexibility index (Phi) is 6.35. The van der Waals surface area contributed by atoms with Crippen molar-refractivity contribution in [2.75, 3.05) is 0 Å². The average molecular weight is 388 g/mol. The van der Waals surface area contributed by atoms with Crippen molar-refractivity contribution >= 4 is 23.5 Å². The van der Waals surface area contributed by atoms with Crippen LogP contribution in [0.3, 0.4) is 0 Å². The Morgan fingerprint density at radius 1 is 1.00 bits per heavy atom. The summed E-state index contributed by atoms with van der Waals surface area (Å²) in [4.78, 5) is 24.0. The van der Waals surface area contributed by atoms with Gasteiger partial charge in [0.2, 0.25) is 6.10 Å². The van der Waals surface area contributed by atoms with Gasteiger partial charge in [-0.1, -0.05) is 41.9 Å². The van der Waals surface area contributed by atoms with E-state index in [1.165, 1.54) is 0 Å². The summed E-state index contributed by atoms with van der Waals surface area (Å²) in [5.41, 5.74) is 0.754. The monoisotopic (exact) mass is 387 g/mol. The van der Waals surface area contributed by atoms with Crippen LogP contribution in [0.15, 0.2) is 54.6 Å². The highest BCUT2D eigenvalue weighted by Crippen LogP contribution is 2.27. The van der Waals surface area contributed by atoms with Gasteiger partial charge in [-0.15, -0.1) is 0 Å². The van der Waals surface area contributed by atoms with Crippen LogP contribution in [-0.2, 0) is 9.59 Å². The molecule has 142 valence electrons. The van der Waals surface area contributed by atoms with Gasteiger partial charge >= 0.3 is 5.97 Å². The van der Waals surface area contributed by atoms with Gasteiger partial charge in [-0.3, -0.25) is 9.59 Å². The van der Waals surface area contributed by atoms with Crippen LogP contribution in [0.1, 0.15) is 37.4 Å². The van der Waals surface area contributed by atoms with Gasteiger partial charge in [-0.05, 0) is 49.9 Å². The zero-order valence-electron chi connectivity index (χ0n) is 14.8. The summed E-state index contributed by atoms with van der Waals surface area (Å²) in [6.45, 7) is 0. The van der Waals surface area contributed by atoms with Gasteiger partial charge in [0.25, 0.3) is 5.91 Å². The fourth-order valence-corrected chi connectivity index (χ4v) is 3.44. The third-order valence-electron chi connectivity index (χ3n) is 4.83. The lowest BCUT2D eigenvalue weighted by Crippen LogP contribution is -2.42. The van der Waals surface area contributed by atoms with Crippen LogP contribution in [0.25, 0.3) is 0 Å². The van der Waals surface area contributed by atoms with E-state index in [9.17, 15) is 9.59 Å². The van der Waals surface area contributed by atoms with Crippen molar-refractivity contribution < 1.29 is 19.4 Å². The number of hydrogen-bond donors (Lipinski definition) is 2. The van der Waals surface area contributed by atoms with E-state index < -0.39 is 12.1 Å². The van der Waals surface area contributed by atoms with Gasteiger partial charge in [0.1, 0.15) is 5.75 Å². The quantitative estimate of drug-likeness (QED) is 0.778. The number of ether oxygens (including phenoxy) is 1. The molecule has 0 bridgehead atoms. The number of benzene rings is 2. The molecule has 1 aliphatic carbocycles. The number of hydrogen-bond acceptors (Lipinski definition) is 3. The largest absolute Gasteiger partial charge is 0.481 e. The second-order valence-electron chi connectivity index (χ2n) is 6.76. The molecule has 5 nitrogen and oxygen atoms in total. The molecular formula is C21H22ClNO4. The van der Waals surface area contributed by atoms with Crippen molar-refractivity contribution in [1.82, 2.24) is 5.32 Å². The highest BCUT2D eigenvalue weighted by Gasteiger charge is 2.30. The van der Waals surface area contributed by atoms with Crippen LogP contribution >= 0.6 is 11.6 Å². The van der Waals surface area contributed by atoms with Gasteiger partial charge in [0, 0.05) is 16.6 Å². The lowest BCUT2D eigenvalue weighted by Gasteiger charge is -2.28. The average Bonchev–Trinajstić information content (AvgIpc) is 2.68. The molecule has 0 spiro atoms. The molecule has 0 aromatic heterocycles. The minimum absolute atomic E-state index is 0.0341. The molecular weight excluding hydrogens is 366 g/mol. The molecule has 0 saturated heterocycles. The van der Waals surface area contributed by atoms with Crippen molar-refractivity contribution in [2.24, 2.45) is 5.92 Å². The number of carbonyl (C=O) groups excluding carboxylic acids is 1. The first-order chi connectivity index (χ1) is 13.0. The Labute approximate surface area is 163 Å². The van der Waals surface area contributed by atoms with E-state index in [0.29, 0.717) is 36.5 Å². The van der Waals surface area contributed by atoms with Gasteiger partial charge in [-0.25, -0.2) is 0 Å². The van der Waals surface area contributed by atoms with E-state index in [2.05, 4.69) is 5.32 Å². The number of carboxylic acid groups (broad SMARTS) is 1. The van der Waals surface area contributed by atoms with Crippen LogP contribution in [-0.4, -0.2) is 23.0 Å². The van der Waals surface area contributed by atoms with Crippen molar-refractivity contribution in [1.29, 1.82) is 0 Å². The van der Waals surface area contributed by atoms with E-state index >= 15 is 0 Å². The first-order valence-electron chi connectivity index (χ1n) is 9.03. The molecule has 1 aliphatic rings. The van der Waals surface area contributed by atoms with E-state index in [1.54, 1.807) is 24.3 Å². The molecule has 1 fully saturated rings. The summed E-state index contributed by atoms with van der Waals surface area (Å²) >= 11 is 5.91. The predicted molar refractivity (Wildman–Crippen MR) is 103 cm³/mol. The molecule has 1 saturated carbocycles. The number of aliphatic carboxylic acids is 1. The minimum Gasteiger partial charge on any atom is -0.481 e. The lowest BCUT2D eigenvalue weighted by molar-refractivity contribution is -0.142. The zero-order valence-corrected chi connectivity index (χ0v) is 15.6. The second kappa shape index (κ2) is 8.91. The third kappa shape index (κ3) is 5.23. The SMILES string of the molecule is O=C(O)C1CCC(NC(=O)C(Oc2ccc(Cl)cc2)c2ccccc2)CC1.